The van der Waals surface area contributed by atoms with Crippen LogP contribution in [0, 0.1) is 0 Å². The second kappa shape index (κ2) is 48.9. The SMILES string of the molecule is [Au+].[Au].[Au].[Au].[Au].[NH2-].c1ccc([PH+](c2ccccc2)c2ccccc2)cc1.c1ccc([PH+](c2ccccc2)c2ccccc2)cc1.c1ccc([PH+](c2ccccc2)c2ccccc2)cc1.c1ccc([PH+](c2ccccc2)c2ccccc2)cc1.c1ccc([PH+](c2ccccc2)c2ccccc2)cc1. The van der Waals surface area contributed by atoms with Gasteiger partial charge in [-0.1, -0.05) is 273 Å². The van der Waals surface area contributed by atoms with Crippen molar-refractivity contribution in [2.75, 3.05) is 0 Å². The first-order chi connectivity index (χ1) is 47.2. The maximum Gasteiger partial charge on any atom is 1.00 e. The van der Waals surface area contributed by atoms with Crippen LogP contribution in [0.4, 0.5) is 0 Å². The smallest absolute Gasteiger partial charge is 0.693 e. The molecule has 0 saturated heterocycles. The van der Waals surface area contributed by atoms with Crippen LogP contribution in [0.2, 0.25) is 0 Å². The molecule has 15 aromatic carbocycles. The number of hydrogen-bond acceptors (Lipinski definition) is 0. The first kappa shape index (κ1) is 85.8. The van der Waals surface area contributed by atoms with Crippen molar-refractivity contribution in [3.05, 3.63) is 461 Å². The fourth-order valence-electron chi connectivity index (χ4n) is 11.6. The summed E-state index contributed by atoms with van der Waals surface area (Å²) >= 11 is 0. The first-order valence-corrected chi connectivity index (χ1v) is 39.9. The molecule has 0 bridgehead atoms. The van der Waals surface area contributed by atoms with Gasteiger partial charge in [-0.15, -0.1) is 0 Å². The van der Waals surface area contributed by atoms with E-state index in [0.717, 1.165) is 0 Å². The van der Waals surface area contributed by atoms with Crippen molar-refractivity contribution in [3.63, 3.8) is 0 Å². The zero-order chi connectivity index (χ0) is 64.6. The van der Waals surface area contributed by atoms with E-state index in [1.165, 1.54) is 79.6 Å². The maximum atomic E-state index is 2.24. The molecule has 0 aliphatic rings. The number of rotatable bonds is 15. The minimum atomic E-state index is -0.877. The molecule has 0 fully saturated rings. The van der Waals surface area contributed by atoms with Gasteiger partial charge in [-0.3, -0.25) is 0 Å². The zero-order valence-electron chi connectivity index (χ0n) is 55.4. The van der Waals surface area contributed by atoms with Crippen molar-refractivity contribution in [3.8, 4) is 0 Å². The summed E-state index contributed by atoms with van der Waals surface area (Å²) < 4.78 is 0. The van der Waals surface area contributed by atoms with Crippen molar-refractivity contribution < 1.29 is 112 Å². The number of hydrogen-bond donors (Lipinski definition) is 0. The zero-order valence-corrected chi connectivity index (χ0v) is 71.2. The van der Waals surface area contributed by atoms with E-state index in [9.17, 15) is 0 Å². The van der Waals surface area contributed by atoms with Gasteiger partial charge in [0.2, 0.25) is 0 Å². The molecule has 15 rings (SSSR count). The molecule has 0 aliphatic heterocycles. The summed E-state index contributed by atoms with van der Waals surface area (Å²) in [4.78, 5) is 0. The van der Waals surface area contributed by atoms with Crippen molar-refractivity contribution in [2.45, 2.75) is 0 Å². The van der Waals surface area contributed by atoms with Crippen LogP contribution < -0.4 is 79.6 Å². The second-order valence-corrected chi connectivity index (χ2v) is 34.8. The van der Waals surface area contributed by atoms with Crippen LogP contribution in [0.1, 0.15) is 0 Å². The fraction of sp³-hybridized carbons (Fsp3) is 0. The molecule has 0 aliphatic carbocycles. The molecule has 1 nitrogen and oxygen atoms in total. The minimum absolute atomic E-state index is 0. The molecule has 0 aromatic heterocycles. The third-order valence-corrected chi connectivity index (χ3v) is 29.6. The Bertz CT molecular complexity index is 3340. The Balaban J connectivity index is 0.000000224. The van der Waals surface area contributed by atoms with Gasteiger partial charge in [0, 0.05) is 89.5 Å². The number of benzene rings is 15. The van der Waals surface area contributed by atoms with Gasteiger partial charge in [-0.05, 0) is 182 Å². The summed E-state index contributed by atoms with van der Waals surface area (Å²) in [5.74, 6) is 0. The van der Waals surface area contributed by atoms with E-state index in [-0.39, 0.29) is 118 Å². The quantitative estimate of drug-likeness (QED) is 0.0724. The topological polar surface area (TPSA) is 33.5 Å². The molecule has 0 unspecified atom stereocenters. The second-order valence-electron chi connectivity index (χ2n) is 22.4. The van der Waals surface area contributed by atoms with E-state index in [1.54, 1.807) is 0 Å². The van der Waals surface area contributed by atoms with E-state index in [2.05, 4.69) is 455 Å². The van der Waals surface area contributed by atoms with Crippen LogP contribution in [0.15, 0.2) is 455 Å². The van der Waals surface area contributed by atoms with Crippen molar-refractivity contribution in [1.29, 1.82) is 0 Å². The Labute approximate surface area is 684 Å². The molecule has 0 amide bonds. The van der Waals surface area contributed by atoms with Crippen LogP contribution in [-0.2, 0) is 112 Å². The summed E-state index contributed by atoms with van der Waals surface area (Å²) in [6.45, 7) is 0. The monoisotopic (exact) mass is 2320 g/mol. The largest absolute Gasteiger partial charge is 1.00 e. The molecular formula is C90H82Au5NP5+5. The molecule has 101 heavy (non-hydrogen) atoms. The Morgan fingerprint density at radius 2 is 0.149 bits per heavy atom. The fourth-order valence-corrected chi connectivity index (χ4v) is 24.5. The van der Waals surface area contributed by atoms with Gasteiger partial charge in [-0.2, -0.15) is 0 Å². The van der Waals surface area contributed by atoms with Gasteiger partial charge < -0.3 is 6.15 Å². The minimum Gasteiger partial charge on any atom is -0.693 e. The molecule has 0 atom stereocenters. The Kier molecular flexibility index (Phi) is 41.6. The molecule has 0 spiro atoms. The third kappa shape index (κ3) is 26.3. The molecule has 2 N–H and O–H groups in total. The van der Waals surface area contributed by atoms with Gasteiger partial charge in [-0.25, -0.2) is 0 Å². The Morgan fingerprint density at radius 3 is 0.198 bits per heavy atom. The Morgan fingerprint density at radius 1 is 0.0990 bits per heavy atom. The van der Waals surface area contributed by atoms with Gasteiger partial charge in [0.15, 0.2) is 0 Å². The van der Waals surface area contributed by atoms with E-state index < -0.39 is 39.6 Å². The predicted octanol–water partition coefficient (Wildman–Crippen LogP) is 16.6. The van der Waals surface area contributed by atoms with E-state index >= 15 is 0 Å². The van der Waals surface area contributed by atoms with Crippen LogP contribution in [0.5, 0.6) is 0 Å². The van der Waals surface area contributed by atoms with Gasteiger partial charge in [0.05, 0.1) is 39.6 Å². The summed E-state index contributed by atoms with van der Waals surface area (Å²) in [7, 11) is -4.39. The van der Waals surface area contributed by atoms with E-state index in [0.29, 0.717) is 0 Å². The summed E-state index contributed by atoms with van der Waals surface area (Å²) in [5, 5.41) is 21.5. The summed E-state index contributed by atoms with van der Waals surface area (Å²) in [6, 6.07) is 162. The van der Waals surface area contributed by atoms with E-state index in [4.69, 9.17) is 0 Å². The predicted molar refractivity (Wildman–Crippen MR) is 438 cm³/mol. The molecule has 0 saturated carbocycles. The van der Waals surface area contributed by atoms with Crippen LogP contribution in [0.25, 0.3) is 6.15 Å². The average molecular weight is 2320 g/mol. The average Bonchev–Trinajstić information content (AvgIpc) is 0.860. The molecular weight excluding hydrogens is 2230 g/mol. The van der Waals surface area contributed by atoms with Gasteiger partial charge in [0.25, 0.3) is 0 Å². The normalized spacial score (nSPS) is 9.95. The third-order valence-electron chi connectivity index (χ3n) is 15.9. The Hall–Kier alpha value is -5.89. The molecule has 0 heterocycles. The summed E-state index contributed by atoms with van der Waals surface area (Å²) in [6.07, 6.45) is 0. The first-order valence-electron chi connectivity index (χ1n) is 32.4. The van der Waals surface area contributed by atoms with Gasteiger partial charge >= 0.3 is 22.4 Å². The number of nitrogens with two attached hydrogens (primary N) is 1. The molecule has 11 heteroatoms. The van der Waals surface area contributed by atoms with Crippen LogP contribution >= 0.6 is 39.6 Å². The maximum absolute atomic E-state index is 2.24. The molecule has 4 radical (unpaired) electrons. The van der Waals surface area contributed by atoms with Crippen molar-refractivity contribution in [2.24, 2.45) is 0 Å². The summed E-state index contributed by atoms with van der Waals surface area (Å²) in [5.41, 5.74) is 0. The standard InChI is InChI=1S/5C18H15P.5Au.H2N/c5*1-4-10-16(11-5-1)19(17-12-6-2-7-13-17)18-14-8-3-9-15-18;;;;;;/h5*1-15H;;;;;;1H2/q;;;;;;;;;+1;-1/p+5. The van der Waals surface area contributed by atoms with Crippen LogP contribution in [-0.4, -0.2) is 0 Å². The van der Waals surface area contributed by atoms with E-state index in [1.807, 2.05) is 0 Å². The molecule has 15 aromatic rings. The van der Waals surface area contributed by atoms with Crippen molar-refractivity contribution in [1.82, 2.24) is 0 Å². The van der Waals surface area contributed by atoms with Crippen LogP contribution in [0.3, 0.4) is 0 Å². The molecule has 522 valence electrons. The van der Waals surface area contributed by atoms with Crippen molar-refractivity contribution >= 4 is 119 Å². The van der Waals surface area contributed by atoms with Gasteiger partial charge in [0.1, 0.15) is 79.6 Å².